The molecule has 1 heterocycles. The van der Waals surface area contributed by atoms with Gasteiger partial charge >= 0.3 is 5.97 Å². The number of hydrogen-bond donors (Lipinski definition) is 1. The number of aliphatic carboxylic acids is 1. The predicted molar refractivity (Wildman–Crippen MR) is 73.6 cm³/mol. The molecule has 0 bridgehead atoms. The summed E-state index contributed by atoms with van der Waals surface area (Å²) < 4.78 is 0. The van der Waals surface area contributed by atoms with Gasteiger partial charge in [0, 0.05) is 30.4 Å². The van der Waals surface area contributed by atoms with Crippen LogP contribution in [0.3, 0.4) is 0 Å². The first-order valence-electron chi connectivity index (χ1n) is 6.06. The number of nitrogens with zero attached hydrogens (tertiary/aromatic N) is 3. The van der Waals surface area contributed by atoms with Crippen molar-refractivity contribution in [3.63, 3.8) is 0 Å². The van der Waals surface area contributed by atoms with Crippen molar-refractivity contribution in [2.45, 2.75) is 26.3 Å². The van der Waals surface area contributed by atoms with E-state index in [2.05, 4.69) is 11.1 Å². The molecule has 0 amide bonds. The van der Waals surface area contributed by atoms with Gasteiger partial charge in [-0.1, -0.05) is 0 Å². The highest BCUT2D eigenvalue weighted by Gasteiger charge is 2.14. The van der Waals surface area contributed by atoms with Crippen LogP contribution in [0.5, 0.6) is 0 Å². The summed E-state index contributed by atoms with van der Waals surface area (Å²) in [6.07, 6.45) is 4.67. The lowest BCUT2D eigenvalue weighted by Crippen LogP contribution is -2.32. The van der Waals surface area contributed by atoms with E-state index in [-0.39, 0.29) is 6.04 Å². The number of aromatic nitrogens is 1. The molecule has 100 valence electrons. The van der Waals surface area contributed by atoms with Gasteiger partial charge in [0.15, 0.2) is 0 Å². The topological polar surface area (TPSA) is 77.2 Å². The van der Waals surface area contributed by atoms with Gasteiger partial charge < -0.3 is 10.0 Å². The Morgan fingerprint density at radius 2 is 2.37 bits per heavy atom. The van der Waals surface area contributed by atoms with E-state index in [1.165, 1.54) is 6.08 Å². The van der Waals surface area contributed by atoms with Gasteiger partial charge in [0.05, 0.1) is 12.5 Å². The number of carbonyl (C=O) groups is 1. The normalized spacial score (nSPS) is 10.6. The van der Waals surface area contributed by atoms with Gasteiger partial charge in [0.25, 0.3) is 0 Å². The fourth-order valence-electron chi connectivity index (χ4n) is 1.72. The second-order valence-corrected chi connectivity index (χ2v) is 4.28. The Balaban J connectivity index is 3.08. The maximum absolute atomic E-state index is 10.6. The van der Waals surface area contributed by atoms with Crippen LogP contribution in [-0.4, -0.2) is 28.6 Å². The van der Waals surface area contributed by atoms with E-state index in [4.69, 9.17) is 10.4 Å². The molecule has 1 rings (SSSR count). The van der Waals surface area contributed by atoms with Gasteiger partial charge in [-0.25, -0.2) is 9.78 Å². The molecular formula is C14H17N3O2. The summed E-state index contributed by atoms with van der Waals surface area (Å²) in [7, 11) is 0. The second kappa shape index (κ2) is 7.17. The largest absolute Gasteiger partial charge is 0.478 e. The van der Waals surface area contributed by atoms with E-state index in [0.717, 1.165) is 11.6 Å². The standard InChI is InChI=1S/C14H17N3O2/c1-11(2)17(10-4-8-15)14-12(5-3-9-16-14)6-7-13(18)19/h3,5-7,9,11H,4,10H2,1-2H3,(H,18,19)/b7-6+. The van der Waals surface area contributed by atoms with Gasteiger partial charge in [-0.15, -0.1) is 0 Å². The SMILES string of the molecule is CC(C)N(CCC#N)c1ncccc1/C=C/C(=O)O. The van der Waals surface area contributed by atoms with Gasteiger partial charge in [0.1, 0.15) is 5.82 Å². The predicted octanol–water partition coefficient (Wildman–Crippen LogP) is 2.31. The molecule has 0 aliphatic heterocycles. The first-order chi connectivity index (χ1) is 9.06. The van der Waals surface area contributed by atoms with E-state index >= 15 is 0 Å². The van der Waals surface area contributed by atoms with Crippen molar-refractivity contribution in [3.05, 3.63) is 30.0 Å². The highest BCUT2D eigenvalue weighted by atomic mass is 16.4. The van der Waals surface area contributed by atoms with E-state index in [1.807, 2.05) is 24.8 Å². The third-order valence-electron chi connectivity index (χ3n) is 2.58. The van der Waals surface area contributed by atoms with Crippen molar-refractivity contribution in [1.29, 1.82) is 5.26 Å². The lowest BCUT2D eigenvalue weighted by molar-refractivity contribution is -0.131. The van der Waals surface area contributed by atoms with Crippen LogP contribution in [0.2, 0.25) is 0 Å². The third kappa shape index (κ3) is 4.43. The van der Waals surface area contributed by atoms with Gasteiger partial charge in [-0.3, -0.25) is 0 Å². The molecule has 0 aliphatic carbocycles. The zero-order chi connectivity index (χ0) is 14.3. The molecule has 1 N–H and O–H groups in total. The minimum atomic E-state index is -0.997. The first kappa shape index (κ1) is 14.7. The maximum Gasteiger partial charge on any atom is 0.328 e. The molecule has 0 saturated carbocycles. The van der Waals surface area contributed by atoms with Crippen LogP contribution >= 0.6 is 0 Å². The molecule has 5 heteroatoms. The van der Waals surface area contributed by atoms with Gasteiger partial charge in [0.2, 0.25) is 0 Å². The first-order valence-corrected chi connectivity index (χ1v) is 6.06. The number of hydrogen-bond acceptors (Lipinski definition) is 4. The van der Waals surface area contributed by atoms with Gasteiger partial charge in [-0.05, 0) is 32.1 Å². The van der Waals surface area contributed by atoms with E-state index in [1.54, 1.807) is 12.3 Å². The average Bonchev–Trinajstić information content (AvgIpc) is 2.37. The third-order valence-corrected chi connectivity index (χ3v) is 2.58. The number of anilines is 1. The summed E-state index contributed by atoms with van der Waals surface area (Å²) in [6.45, 7) is 4.59. The zero-order valence-corrected chi connectivity index (χ0v) is 11.1. The molecule has 0 aliphatic rings. The smallest absolute Gasteiger partial charge is 0.328 e. The Labute approximate surface area is 112 Å². The highest BCUT2D eigenvalue weighted by molar-refractivity contribution is 5.86. The molecule has 0 aromatic carbocycles. The zero-order valence-electron chi connectivity index (χ0n) is 11.1. The monoisotopic (exact) mass is 259 g/mol. The molecule has 19 heavy (non-hydrogen) atoms. The number of rotatable bonds is 6. The van der Waals surface area contributed by atoms with Crippen molar-refractivity contribution in [2.24, 2.45) is 0 Å². The van der Waals surface area contributed by atoms with Crippen molar-refractivity contribution >= 4 is 17.9 Å². The molecule has 0 fully saturated rings. The van der Waals surface area contributed by atoms with Crippen molar-refractivity contribution < 1.29 is 9.90 Å². The van der Waals surface area contributed by atoms with Crippen LogP contribution in [0.25, 0.3) is 6.08 Å². The summed E-state index contributed by atoms with van der Waals surface area (Å²) in [5.41, 5.74) is 0.733. The van der Waals surface area contributed by atoms with Crippen LogP contribution < -0.4 is 4.90 Å². The van der Waals surface area contributed by atoms with E-state index in [0.29, 0.717) is 18.8 Å². The molecule has 0 unspecified atom stereocenters. The summed E-state index contributed by atoms with van der Waals surface area (Å²) in [5.74, 6) is -0.298. The van der Waals surface area contributed by atoms with Crippen LogP contribution in [0.15, 0.2) is 24.4 Å². The Bertz CT molecular complexity index is 504. The second-order valence-electron chi connectivity index (χ2n) is 4.28. The van der Waals surface area contributed by atoms with Crippen LogP contribution in [0, 0.1) is 11.3 Å². The quantitative estimate of drug-likeness (QED) is 0.793. The molecule has 5 nitrogen and oxygen atoms in total. The number of pyridine rings is 1. The summed E-state index contributed by atoms with van der Waals surface area (Å²) >= 11 is 0. The minimum Gasteiger partial charge on any atom is -0.478 e. The van der Waals surface area contributed by atoms with E-state index in [9.17, 15) is 4.79 Å². The minimum absolute atomic E-state index is 0.181. The fourth-order valence-corrected chi connectivity index (χ4v) is 1.72. The lowest BCUT2D eigenvalue weighted by atomic mass is 10.2. The van der Waals surface area contributed by atoms with Crippen LogP contribution in [0.4, 0.5) is 5.82 Å². The van der Waals surface area contributed by atoms with Crippen molar-refractivity contribution in [2.75, 3.05) is 11.4 Å². The molecule has 0 radical (unpaired) electrons. The molecular weight excluding hydrogens is 242 g/mol. The van der Waals surface area contributed by atoms with Crippen LogP contribution in [0.1, 0.15) is 25.8 Å². The number of carboxylic acid groups (broad SMARTS) is 1. The van der Waals surface area contributed by atoms with Crippen molar-refractivity contribution in [3.8, 4) is 6.07 Å². The summed E-state index contributed by atoms with van der Waals surface area (Å²) in [6, 6.07) is 5.86. The number of nitriles is 1. The molecule has 0 atom stereocenters. The lowest BCUT2D eigenvalue weighted by Gasteiger charge is -2.28. The van der Waals surface area contributed by atoms with Crippen LogP contribution in [-0.2, 0) is 4.79 Å². The Morgan fingerprint density at radius 1 is 1.63 bits per heavy atom. The van der Waals surface area contributed by atoms with Crippen molar-refractivity contribution in [1.82, 2.24) is 4.98 Å². The average molecular weight is 259 g/mol. The molecule has 1 aromatic rings. The maximum atomic E-state index is 10.6. The Hall–Kier alpha value is -2.35. The Morgan fingerprint density at radius 3 is 2.95 bits per heavy atom. The number of carboxylic acids is 1. The molecule has 1 aromatic heterocycles. The highest BCUT2D eigenvalue weighted by Crippen LogP contribution is 2.21. The van der Waals surface area contributed by atoms with E-state index < -0.39 is 5.97 Å². The Kier molecular flexibility index (Phi) is 5.55. The molecule has 0 saturated heterocycles. The fraction of sp³-hybridized carbons (Fsp3) is 0.357. The van der Waals surface area contributed by atoms with Gasteiger partial charge in [-0.2, -0.15) is 5.26 Å². The summed E-state index contributed by atoms with van der Waals surface area (Å²) in [4.78, 5) is 16.9. The summed E-state index contributed by atoms with van der Waals surface area (Å²) in [5, 5.41) is 17.4. The molecule has 0 spiro atoms.